The van der Waals surface area contributed by atoms with Gasteiger partial charge in [0, 0.05) is 35.3 Å². The fraction of sp³-hybridized carbons (Fsp3) is 0.333. The number of hydrogen-bond acceptors (Lipinski definition) is 3. The third-order valence-electron chi connectivity index (χ3n) is 4.84. The molecule has 6 heteroatoms. The number of carbonyl (C=O) groups is 2. The lowest BCUT2D eigenvalue weighted by Gasteiger charge is -2.31. The summed E-state index contributed by atoms with van der Waals surface area (Å²) in [5.41, 5.74) is 1.58. The number of nitrogens with zero attached hydrogens (tertiary/aromatic N) is 1. The number of carbonyl (C=O) groups excluding carboxylic acids is 2. The fourth-order valence-corrected chi connectivity index (χ4v) is 3.51. The van der Waals surface area contributed by atoms with Gasteiger partial charge in [0.25, 0.3) is 0 Å². The number of piperidine rings is 1. The molecule has 1 heterocycles. The second-order valence-corrected chi connectivity index (χ2v) is 7.08. The van der Waals surface area contributed by atoms with Crippen LogP contribution in [0.2, 0.25) is 5.02 Å². The van der Waals surface area contributed by atoms with Gasteiger partial charge in [0.15, 0.2) is 0 Å². The van der Waals surface area contributed by atoms with E-state index in [1.807, 2.05) is 35.2 Å². The number of rotatable bonds is 5. The summed E-state index contributed by atoms with van der Waals surface area (Å²) >= 11 is 6.04. The molecule has 0 bridgehead atoms. The largest absolute Gasteiger partial charge is 0.496 e. The SMILES string of the molecule is COc1ccc(Cl)cc1CC(=O)N1CCC(C(=O)Nc2ccccc2)CC1. The van der Waals surface area contributed by atoms with E-state index in [0.29, 0.717) is 36.7 Å². The molecule has 2 aromatic rings. The maximum atomic E-state index is 12.6. The van der Waals surface area contributed by atoms with Crippen LogP contribution in [0, 0.1) is 5.92 Å². The van der Waals surface area contributed by atoms with Gasteiger partial charge in [-0.1, -0.05) is 29.8 Å². The molecule has 0 saturated carbocycles. The highest BCUT2D eigenvalue weighted by Gasteiger charge is 2.27. The van der Waals surface area contributed by atoms with Crippen LogP contribution in [0.4, 0.5) is 5.69 Å². The standard InChI is InChI=1S/C21H23ClN2O3/c1-27-19-8-7-17(22)13-16(19)14-20(25)24-11-9-15(10-12-24)21(26)23-18-5-3-2-4-6-18/h2-8,13,15H,9-12,14H2,1H3,(H,23,26). The highest BCUT2D eigenvalue weighted by molar-refractivity contribution is 6.30. The Morgan fingerprint density at radius 3 is 2.52 bits per heavy atom. The first-order valence-corrected chi connectivity index (χ1v) is 9.40. The Hall–Kier alpha value is -2.53. The van der Waals surface area contributed by atoms with E-state index in [1.54, 1.807) is 25.3 Å². The summed E-state index contributed by atoms with van der Waals surface area (Å²) in [5, 5.41) is 3.52. The first-order chi connectivity index (χ1) is 13.1. The van der Waals surface area contributed by atoms with Crippen molar-refractivity contribution in [2.45, 2.75) is 19.3 Å². The van der Waals surface area contributed by atoms with Crippen molar-refractivity contribution in [2.75, 3.05) is 25.5 Å². The Balaban J connectivity index is 1.53. The van der Waals surface area contributed by atoms with Crippen molar-refractivity contribution in [3.8, 4) is 5.75 Å². The Morgan fingerprint density at radius 1 is 1.15 bits per heavy atom. The van der Waals surface area contributed by atoms with Gasteiger partial charge in [-0.2, -0.15) is 0 Å². The Morgan fingerprint density at radius 2 is 1.85 bits per heavy atom. The monoisotopic (exact) mass is 386 g/mol. The molecule has 5 nitrogen and oxygen atoms in total. The van der Waals surface area contributed by atoms with E-state index in [-0.39, 0.29) is 24.2 Å². The van der Waals surface area contributed by atoms with E-state index in [4.69, 9.17) is 16.3 Å². The van der Waals surface area contributed by atoms with E-state index < -0.39 is 0 Å². The molecule has 142 valence electrons. The molecular weight excluding hydrogens is 364 g/mol. The number of benzene rings is 2. The smallest absolute Gasteiger partial charge is 0.227 e. The van der Waals surface area contributed by atoms with Crippen molar-refractivity contribution in [3.05, 3.63) is 59.1 Å². The summed E-state index contributed by atoms with van der Waals surface area (Å²) < 4.78 is 5.31. The zero-order valence-corrected chi connectivity index (χ0v) is 16.0. The number of likely N-dealkylation sites (tertiary alicyclic amines) is 1. The molecule has 1 aliphatic rings. The van der Waals surface area contributed by atoms with Crippen LogP contribution < -0.4 is 10.1 Å². The van der Waals surface area contributed by atoms with E-state index in [9.17, 15) is 9.59 Å². The third kappa shape index (κ3) is 5.01. The second-order valence-electron chi connectivity index (χ2n) is 6.64. The number of nitrogens with one attached hydrogen (secondary N) is 1. The molecule has 2 amide bonds. The van der Waals surface area contributed by atoms with E-state index in [0.717, 1.165) is 11.3 Å². The summed E-state index contributed by atoms with van der Waals surface area (Å²) in [5.74, 6) is 0.627. The molecule has 1 N–H and O–H groups in total. The molecule has 0 aliphatic carbocycles. The number of amides is 2. The van der Waals surface area contributed by atoms with Crippen molar-refractivity contribution >= 4 is 29.1 Å². The van der Waals surface area contributed by atoms with Gasteiger partial charge in [-0.25, -0.2) is 0 Å². The minimum atomic E-state index is -0.0741. The lowest BCUT2D eigenvalue weighted by molar-refractivity contribution is -0.133. The predicted octanol–water partition coefficient (Wildman–Crippen LogP) is 3.77. The molecule has 27 heavy (non-hydrogen) atoms. The number of methoxy groups -OCH3 is 1. The van der Waals surface area contributed by atoms with Crippen LogP contribution in [-0.4, -0.2) is 36.9 Å². The van der Waals surface area contributed by atoms with Crippen LogP contribution in [0.5, 0.6) is 5.75 Å². The Kier molecular flexibility index (Phi) is 6.35. The quantitative estimate of drug-likeness (QED) is 0.850. The topological polar surface area (TPSA) is 58.6 Å². The third-order valence-corrected chi connectivity index (χ3v) is 5.08. The maximum absolute atomic E-state index is 12.6. The molecule has 0 spiro atoms. The molecule has 1 aliphatic heterocycles. The lowest BCUT2D eigenvalue weighted by atomic mass is 9.95. The van der Waals surface area contributed by atoms with Gasteiger partial charge < -0.3 is 15.0 Å². The van der Waals surface area contributed by atoms with Crippen LogP contribution in [0.3, 0.4) is 0 Å². The van der Waals surface area contributed by atoms with Crippen molar-refractivity contribution < 1.29 is 14.3 Å². The van der Waals surface area contributed by atoms with Crippen LogP contribution in [0.25, 0.3) is 0 Å². The van der Waals surface area contributed by atoms with Gasteiger partial charge >= 0.3 is 0 Å². The van der Waals surface area contributed by atoms with Crippen LogP contribution in [0.15, 0.2) is 48.5 Å². The number of hydrogen-bond donors (Lipinski definition) is 1. The minimum Gasteiger partial charge on any atom is -0.496 e. The summed E-state index contributed by atoms with van der Waals surface area (Å²) in [6.07, 6.45) is 1.57. The first-order valence-electron chi connectivity index (χ1n) is 9.03. The van der Waals surface area contributed by atoms with Crippen molar-refractivity contribution in [3.63, 3.8) is 0 Å². The average molecular weight is 387 g/mol. The van der Waals surface area contributed by atoms with Gasteiger partial charge in [0.2, 0.25) is 11.8 Å². The number of anilines is 1. The van der Waals surface area contributed by atoms with Crippen molar-refractivity contribution in [1.29, 1.82) is 0 Å². The van der Waals surface area contributed by atoms with Gasteiger partial charge in [-0.05, 0) is 43.2 Å². The van der Waals surface area contributed by atoms with E-state index in [1.165, 1.54) is 0 Å². The van der Waals surface area contributed by atoms with Crippen molar-refractivity contribution in [1.82, 2.24) is 4.90 Å². The number of ether oxygens (including phenoxy) is 1. The first kappa shape index (κ1) is 19.2. The second kappa shape index (κ2) is 8.91. The van der Waals surface area contributed by atoms with Gasteiger partial charge in [-0.3, -0.25) is 9.59 Å². The number of para-hydroxylation sites is 1. The van der Waals surface area contributed by atoms with Crippen LogP contribution in [-0.2, 0) is 16.0 Å². The summed E-state index contributed by atoms with van der Waals surface area (Å²) in [4.78, 5) is 26.9. The van der Waals surface area contributed by atoms with Crippen molar-refractivity contribution in [2.24, 2.45) is 5.92 Å². The normalized spacial score (nSPS) is 14.7. The summed E-state index contributed by atoms with van der Waals surface area (Å²) in [6, 6.07) is 14.7. The van der Waals surface area contributed by atoms with E-state index in [2.05, 4.69) is 5.32 Å². The molecule has 1 fully saturated rings. The fourth-order valence-electron chi connectivity index (χ4n) is 3.32. The highest BCUT2D eigenvalue weighted by atomic mass is 35.5. The molecule has 3 rings (SSSR count). The molecule has 0 unspecified atom stereocenters. The molecule has 0 atom stereocenters. The molecule has 2 aromatic carbocycles. The van der Waals surface area contributed by atoms with Crippen LogP contribution >= 0.6 is 11.6 Å². The minimum absolute atomic E-state index is 0.0183. The maximum Gasteiger partial charge on any atom is 0.227 e. The van der Waals surface area contributed by atoms with E-state index >= 15 is 0 Å². The zero-order valence-electron chi connectivity index (χ0n) is 15.3. The average Bonchev–Trinajstić information content (AvgIpc) is 2.69. The molecular formula is C21H23ClN2O3. The van der Waals surface area contributed by atoms with Crippen LogP contribution in [0.1, 0.15) is 18.4 Å². The van der Waals surface area contributed by atoms with Gasteiger partial charge in [0.05, 0.1) is 13.5 Å². The summed E-state index contributed by atoms with van der Waals surface area (Å²) in [7, 11) is 1.58. The van der Waals surface area contributed by atoms with Gasteiger partial charge in [-0.15, -0.1) is 0 Å². The molecule has 0 aromatic heterocycles. The predicted molar refractivity (Wildman–Crippen MR) is 106 cm³/mol. The Labute approximate surface area is 164 Å². The molecule has 1 saturated heterocycles. The zero-order chi connectivity index (χ0) is 19.2. The molecule has 0 radical (unpaired) electrons. The Bertz CT molecular complexity index is 802. The van der Waals surface area contributed by atoms with Gasteiger partial charge in [0.1, 0.15) is 5.75 Å². The lowest BCUT2D eigenvalue weighted by Crippen LogP contribution is -2.42. The highest BCUT2D eigenvalue weighted by Crippen LogP contribution is 2.25. The summed E-state index contributed by atoms with van der Waals surface area (Å²) in [6.45, 7) is 1.16. The number of halogens is 1.